The van der Waals surface area contributed by atoms with Gasteiger partial charge in [0.25, 0.3) is 0 Å². The first kappa shape index (κ1) is 10.3. The fraction of sp³-hybridized carbons (Fsp3) is 0.538. The molecule has 82 valence electrons. The number of hydrogen-bond donors (Lipinski definition) is 0. The van der Waals surface area contributed by atoms with Crippen LogP contribution in [0.5, 0.6) is 0 Å². The topological polar surface area (TPSA) is 6.48 Å². The van der Waals surface area contributed by atoms with Crippen molar-refractivity contribution in [1.82, 2.24) is 0 Å². The molecule has 0 unspecified atom stereocenters. The summed E-state index contributed by atoms with van der Waals surface area (Å²) in [6.45, 7) is 6.67. The van der Waals surface area contributed by atoms with Crippen LogP contribution < -0.4 is 9.80 Å². The third-order valence-electron chi connectivity index (χ3n) is 3.31. The van der Waals surface area contributed by atoms with Gasteiger partial charge in [-0.1, -0.05) is 13.0 Å². The molecule has 0 saturated heterocycles. The summed E-state index contributed by atoms with van der Waals surface area (Å²) < 4.78 is 0. The molecule has 1 aliphatic heterocycles. The van der Waals surface area contributed by atoms with Crippen LogP contribution in [0, 0.1) is 6.92 Å². The summed E-state index contributed by atoms with van der Waals surface area (Å²) in [5.74, 6) is 0. The summed E-state index contributed by atoms with van der Waals surface area (Å²) in [7, 11) is 4.37. The van der Waals surface area contributed by atoms with Crippen LogP contribution in [-0.2, 0) is 6.42 Å². The molecule has 0 saturated carbocycles. The Hall–Kier alpha value is -1.18. The van der Waals surface area contributed by atoms with E-state index in [1.54, 1.807) is 0 Å². The summed E-state index contributed by atoms with van der Waals surface area (Å²) in [6, 6.07) is 4.65. The number of benzene rings is 1. The maximum atomic E-state index is 2.37. The minimum atomic E-state index is 1.12. The Kier molecular flexibility index (Phi) is 2.59. The molecule has 0 aliphatic carbocycles. The second-order valence-electron chi connectivity index (χ2n) is 4.48. The number of aryl methyl sites for hydroxylation is 2. The second-order valence-corrected chi connectivity index (χ2v) is 4.48. The van der Waals surface area contributed by atoms with Gasteiger partial charge in [0, 0.05) is 27.2 Å². The van der Waals surface area contributed by atoms with Crippen molar-refractivity contribution in [2.45, 2.75) is 20.3 Å². The first-order valence-corrected chi connectivity index (χ1v) is 5.69. The van der Waals surface area contributed by atoms with Gasteiger partial charge in [-0.2, -0.15) is 0 Å². The molecule has 0 fully saturated rings. The Morgan fingerprint density at radius 1 is 1.13 bits per heavy atom. The number of nitrogens with zero attached hydrogens (tertiary/aromatic N) is 2. The molecule has 1 heterocycles. The van der Waals surface area contributed by atoms with E-state index in [1.165, 1.54) is 22.5 Å². The van der Waals surface area contributed by atoms with Crippen LogP contribution in [0.2, 0.25) is 0 Å². The summed E-state index contributed by atoms with van der Waals surface area (Å²) in [5.41, 5.74) is 5.63. The molecule has 0 radical (unpaired) electrons. The van der Waals surface area contributed by atoms with Gasteiger partial charge >= 0.3 is 0 Å². The van der Waals surface area contributed by atoms with Crippen LogP contribution in [-0.4, -0.2) is 27.2 Å². The molecule has 0 spiro atoms. The van der Waals surface area contributed by atoms with Gasteiger partial charge in [0.2, 0.25) is 0 Å². The van der Waals surface area contributed by atoms with E-state index in [-0.39, 0.29) is 0 Å². The average Bonchev–Trinajstić information content (AvgIpc) is 2.23. The van der Waals surface area contributed by atoms with E-state index in [0.29, 0.717) is 0 Å². The Morgan fingerprint density at radius 3 is 2.47 bits per heavy atom. The zero-order valence-corrected chi connectivity index (χ0v) is 10.2. The minimum absolute atomic E-state index is 1.12. The number of rotatable bonds is 1. The van der Waals surface area contributed by atoms with Gasteiger partial charge in [-0.25, -0.2) is 0 Å². The largest absolute Gasteiger partial charge is 0.371 e. The number of fused-ring (bicyclic) bond motifs is 1. The molecule has 15 heavy (non-hydrogen) atoms. The Bertz CT molecular complexity index is 371. The van der Waals surface area contributed by atoms with Gasteiger partial charge in [-0.3, -0.25) is 0 Å². The van der Waals surface area contributed by atoms with Gasteiger partial charge in [-0.15, -0.1) is 0 Å². The predicted octanol–water partition coefficient (Wildman–Crippen LogP) is 2.44. The number of anilines is 2. The molecule has 0 atom stereocenters. The van der Waals surface area contributed by atoms with Gasteiger partial charge in [0.1, 0.15) is 0 Å². The van der Waals surface area contributed by atoms with Gasteiger partial charge in [0.15, 0.2) is 0 Å². The van der Waals surface area contributed by atoms with Gasteiger partial charge in [0.05, 0.1) is 11.4 Å². The standard InChI is InChI=1S/C13H20N2/c1-5-11-8-10(2)13-12(9-11)14(3)6-7-15(13)4/h8-9H,5-7H2,1-4H3. The Labute approximate surface area is 92.5 Å². The third kappa shape index (κ3) is 1.69. The highest BCUT2D eigenvalue weighted by Gasteiger charge is 2.19. The van der Waals surface area contributed by atoms with Crippen molar-refractivity contribution in [3.8, 4) is 0 Å². The van der Waals surface area contributed by atoms with Crippen molar-refractivity contribution in [2.75, 3.05) is 37.0 Å². The van der Waals surface area contributed by atoms with E-state index in [0.717, 1.165) is 19.5 Å². The highest BCUT2D eigenvalue weighted by molar-refractivity contribution is 5.77. The van der Waals surface area contributed by atoms with Crippen LogP contribution in [0.15, 0.2) is 12.1 Å². The zero-order chi connectivity index (χ0) is 11.0. The number of hydrogen-bond acceptors (Lipinski definition) is 2. The number of likely N-dealkylation sites (N-methyl/N-ethyl adjacent to an activating group) is 2. The maximum absolute atomic E-state index is 2.37. The maximum Gasteiger partial charge on any atom is 0.0631 e. The van der Waals surface area contributed by atoms with Gasteiger partial charge in [-0.05, 0) is 30.5 Å². The van der Waals surface area contributed by atoms with E-state index < -0.39 is 0 Å². The van der Waals surface area contributed by atoms with Crippen molar-refractivity contribution in [2.24, 2.45) is 0 Å². The lowest BCUT2D eigenvalue weighted by Gasteiger charge is -2.36. The molecule has 2 rings (SSSR count). The SMILES string of the molecule is CCc1cc(C)c2c(c1)N(C)CCN2C. The lowest BCUT2D eigenvalue weighted by Crippen LogP contribution is -2.37. The van der Waals surface area contributed by atoms with Crippen LogP contribution in [0.1, 0.15) is 18.1 Å². The Morgan fingerprint density at radius 2 is 1.80 bits per heavy atom. The molecular formula is C13H20N2. The van der Waals surface area contributed by atoms with Crippen LogP contribution in [0.3, 0.4) is 0 Å². The monoisotopic (exact) mass is 204 g/mol. The van der Waals surface area contributed by atoms with Crippen molar-refractivity contribution >= 4 is 11.4 Å². The normalized spacial score (nSPS) is 15.5. The second kappa shape index (κ2) is 3.76. The fourth-order valence-corrected chi connectivity index (χ4v) is 2.36. The van der Waals surface area contributed by atoms with E-state index in [9.17, 15) is 0 Å². The van der Waals surface area contributed by atoms with E-state index >= 15 is 0 Å². The van der Waals surface area contributed by atoms with Crippen LogP contribution in [0.4, 0.5) is 11.4 Å². The minimum Gasteiger partial charge on any atom is -0.371 e. The first-order valence-electron chi connectivity index (χ1n) is 5.69. The first-order chi connectivity index (χ1) is 7.13. The van der Waals surface area contributed by atoms with Crippen molar-refractivity contribution in [3.63, 3.8) is 0 Å². The highest BCUT2D eigenvalue weighted by atomic mass is 15.2. The molecule has 0 amide bonds. The molecule has 1 aliphatic rings. The molecule has 1 aromatic rings. The summed E-state index contributed by atoms with van der Waals surface area (Å²) >= 11 is 0. The van der Waals surface area contributed by atoms with Crippen molar-refractivity contribution in [3.05, 3.63) is 23.3 Å². The summed E-state index contributed by atoms with van der Waals surface area (Å²) in [6.07, 6.45) is 1.12. The van der Waals surface area contributed by atoms with E-state index in [2.05, 4.69) is 49.9 Å². The molecule has 0 N–H and O–H groups in total. The van der Waals surface area contributed by atoms with E-state index in [4.69, 9.17) is 0 Å². The predicted molar refractivity (Wildman–Crippen MR) is 67.1 cm³/mol. The smallest absolute Gasteiger partial charge is 0.0631 e. The van der Waals surface area contributed by atoms with E-state index in [1.807, 2.05) is 0 Å². The molecule has 2 nitrogen and oxygen atoms in total. The van der Waals surface area contributed by atoms with Crippen LogP contribution in [0.25, 0.3) is 0 Å². The fourth-order valence-electron chi connectivity index (χ4n) is 2.36. The molecular weight excluding hydrogens is 184 g/mol. The molecule has 1 aromatic carbocycles. The average molecular weight is 204 g/mol. The molecule has 2 heteroatoms. The molecule has 0 aromatic heterocycles. The highest BCUT2D eigenvalue weighted by Crippen LogP contribution is 2.35. The third-order valence-corrected chi connectivity index (χ3v) is 3.31. The lowest BCUT2D eigenvalue weighted by atomic mass is 10.0. The summed E-state index contributed by atoms with van der Waals surface area (Å²) in [5, 5.41) is 0. The van der Waals surface area contributed by atoms with Gasteiger partial charge < -0.3 is 9.80 Å². The van der Waals surface area contributed by atoms with Crippen LogP contribution >= 0.6 is 0 Å². The van der Waals surface area contributed by atoms with Crippen molar-refractivity contribution in [1.29, 1.82) is 0 Å². The molecule has 0 bridgehead atoms. The summed E-state index contributed by atoms with van der Waals surface area (Å²) in [4.78, 5) is 4.73. The Balaban J connectivity index is 2.56. The quantitative estimate of drug-likeness (QED) is 0.693. The zero-order valence-electron chi connectivity index (χ0n) is 10.2. The van der Waals surface area contributed by atoms with Crippen molar-refractivity contribution < 1.29 is 0 Å². The lowest BCUT2D eigenvalue weighted by molar-refractivity contribution is 0.793.